The van der Waals surface area contributed by atoms with Gasteiger partial charge in [-0.05, 0) is 0 Å². The zero-order chi connectivity index (χ0) is 14.5. The van der Waals surface area contributed by atoms with Gasteiger partial charge in [0.15, 0.2) is 0 Å². The third-order valence-electron chi connectivity index (χ3n) is 3.44. The number of carbonyl (C=O) groups is 1. The highest BCUT2D eigenvalue weighted by Gasteiger charge is 2.18. The summed E-state index contributed by atoms with van der Waals surface area (Å²) in [5.74, 6) is 0.215. The van der Waals surface area contributed by atoms with Crippen LogP contribution in [0, 0.1) is 0 Å². The molecule has 1 atom stereocenters. The number of Topliss-reactive ketones (excluding diaryl/α,β-unsaturated/α-hetero) is 1. The fourth-order valence-electron chi connectivity index (χ4n) is 2.40. The van der Waals surface area contributed by atoms with Gasteiger partial charge in [0.25, 0.3) is 0 Å². The van der Waals surface area contributed by atoms with Crippen molar-refractivity contribution in [1.29, 1.82) is 0 Å². The molecule has 3 rings (SSSR count). The van der Waals surface area contributed by atoms with Crippen LogP contribution in [-0.2, 0) is 16.0 Å². The Labute approximate surface area is 128 Å². The normalized spacial score (nSPS) is 18.6. The molecule has 1 saturated heterocycles. The molecule has 1 unspecified atom stereocenters. The van der Waals surface area contributed by atoms with Gasteiger partial charge in [-0.15, -0.1) is 11.3 Å². The molecule has 5 heteroatoms. The molecule has 21 heavy (non-hydrogen) atoms. The zero-order valence-electron chi connectivity index (χ0n) is 11.7. The first kappa shape index (κ1) is 14.4. The molecule has 1 fully saturated rings. The van der Waals surface area contributed by atoms with E-state index in [0.29, 0.717) is 19.4 Å². The number of nitrogens with zero attached hydrogens (tertiary/aromatic N) is 1. The van der Waals surface area contributed by atoms with Gasteiger partial charge in [0.05, 0.1) is 25.3 Å². The standard InChI is InChI=1S/C16H18N2O2S/c19-14(8-13-10-20-7-6-17-13)9-16-18-15(11-21-16)12-4-2-1-3-5-12/h1-5,11,13,17H,6-10H2. The predicted molar refractivity (Wildman–Crippen MR) is 83.5 cm³/mol. The minimum atomic E-state index is 0.153. The minimum Gasteiger partial charge on any atom is -0.379 e. The highest BCUT2D eigenvalue weighted by atomic mass is 32.1. The number of benzene rings is 1. The number of hydrogen-bond donors (Lipinski definition) is 1. The van der Waals surface area contributed by atoms with Crippen molar-refractivity contribution >= 4 is 17.1 Å². The van der Waals surface area contributed by atoms with Crippen LogP contribution in [-0.4, -0.2) is 36.6 Å². The van der Waals surface area contributed by atoms with Gasteiger partial charge in [-0.2, -0.15) is 0 Å². The molecule has 0 amide bonds. The molecule has 4 nitrogen and oxygen atoms in total. The summed E-state index contributed by atoms with van der Waals surface area (Å²) in [5.41, 5.74) is 2.04. The van der Waals surface area contributed by atoms with E-state index < -0.39 is 0 Å². The molecule has 1 aromatic heterocycles. The molecular formula is C16H18N2O2S. The van der Waals surface area contributed by atoms with E-state index in [1.54, 1.807) is 11.3 Å². The number of ketones is 1. The van der Waals surface area contributed by atoms with Crippen LogP contribution in [0.2, 0.25) is 0 Å². The van der Waals surface area contributed by atoms with E-state index in [0.717, 1.165) is 29.4 Å². The maximum Gasteiger partial charge on any atom is 0.141 e. The zero-order valence-corrected chi connectivity index (χ0v) is 12.6. The van der Waals surface area contributed by atoms with Crippen molar-refractivity contribution < 1.29 is 9.53 Å². The SMILES string of the molecule is O=C(Cc1nc(-c2ccccc2)cs1)CC1COCCN1. The largest absolute Gasteiger partial charge is 0.379 e. The van der Waals surface area contributed by atoms with Gasteiger partial charge in [-0.1, -0.05) is 30.3 Å². The summed E-state index contributed by atoms with van der Waals surface area (Å²) in [7, 11) is 0. The lowest BCUT2D eigenvalue weighted by Crippen LogP contribution is -2.42. The molecule has 1 aromatic carbocycles. The smallest absolute Gasteiger partial charge is 0.141 e. The topological polar surface area (TPSA) is 51.2 Å². The van der Waals surface area contributed by atoms with Crippen LogP contribution in [0.5, 0.6) is 0 Å². The highest BCUT2D eigenvalue weighted by Crippen LogP contribution is 2.22. The Hall–Kier alpha value is -1.56. The molecule has 1 N–H and O–H groups in total. The fourth-order valence-corrected chi connectivity index (χ4v) is 3.23. The van der Waals surface area contributed by atoms with Crippen LogP contribution in [0.4, 0.5) is 0 Å². The number of aromatic nitrogens is 1. The Morgan fingerprint density at radius 2 is 2.24 bits per heavy atom. The van der Waals surface area contributed by atoms with Crippen LogP contribution < -0.4 is 5.32 Å². The summed E-state index contributed by atoms with van der Waals surface area (Å²) >= 11 is 1.55. The average molecular weight is 302 g/mol. The number of ether oxygens (including phenoxy) is 1. The van der Waals surface area contributed by atoms with E-state index >= 15 is 0 Å². The van der Waals surface area contributed by atoms with Gasteiger partial charge in [0, 0.05) is 30.0 Å². The Balaban J connectivity index is 1.58. The maximum atomic E-state index is 12.1. The van der Waals surface area contributed by atoms with Gasteiger partial charge in [0.1, 0.15) is 10.8 Å². The van der Waals surface area contributed by atoms with Gasteiger partial charge in [-0.3, -0.25) is 4.79 Å². The van der Waals surface area contributed by atoms with E-state index in [1.165, 1.54) is 0 Å². The van der Waals surface area contributed by atoms with Crippen LogP contribution in [0.3, 0.4) is 0 Å². The first-order valence-electron chi connectivity index (χ1n) is 7.14. The Morgan fingerprint density at radius 3 is 3.00 bits per heavy atom. The van der Waals surface area contributed by atoms with Crippen molar-refractivity contribution in [1.82, 2.24) is 10.3 Å². The van der Waals surface area contributed by atoms with Gasteiger partial charge in [0.2, 0.25) is 0 Å². The molecule has 0 bridgehead atoms. The van der Waals surface area contributed by atoms with E-state index in [2.05, 4.69) is 10.3 Å². The summed E-state index contributed by atoms with van der Waals surface area (Å²) < 4.78 is 5.37. The fraction of sp³-hybridized carbons (Fsp3) is 0.375. The lowest BCUT2D eigenvalue weighted by Gasteiger charge is -2.22. The van der Waals surface area contributed by atoms with Crippen molar-refractivity contribution in [2.75, 3.05) is 19.8 Å². The predicted octanol–water partition coefficient (Wildman–Crippen LogP) is 2.30. The molecule has 1 aliphatic rings. The van der Waals surface area contributed by atoms with Crippen LogP contribution in [0.1, 0.15) is 11.4 Å². The second-order valence-corrected chi connectivity index (χ2v) is 6.08. The second kappa shape index (κ2) is 6.93. The third-order valence-corrected chi connectivity index (χ3v) is 4.29. The lowest BCUT2D eigenvalue weighted by molar-refractivity contribution is -0.119. The van der Waals surface area contributed by atoms with Crippen molar-refractivity contribution in [3.05, 3.63) is 40.7 Å². The van der Waals surface area contributed by atoms with E-state index in [9.17, 15) is 4.79 Å². The summed E-state index contributed by atoms with van der Waals surface area (Å²) in [6.07, 6.45) is 0.927. The number of carbonyl (C=O) groups excluding carboxylic acids is 1. The number of rotatable bonds is 5. The van der Waals surface area contributed by atoms with Crippen molar-refractivity contribution in [2.24, 2.45) is 0 Å². The number of thiazole rings is 1. The van der Waals surface area contributed by atoms with E-state index in [1.807, 2.05) is 35.7 Å². The number of morpholine rings is 1. The molecule has 0 spiro atoms. The molecule has 0 radical (unpaired) electrons. The minimum absolute atomic E-state index is 0.153. The van der Waals surface area contributed by atoms with Gasteiger partial charge in [-0.25, -0.2) is 4.98 Å². The quantitative estimate of drug-likeness (QED) is 0.921. The van der Waals surface area contributed by atoms with Crippen molar-refractivity contribution in [3.8, 4) is 11.3 Å². The average Bonchev–Trinajstić information content (AvgIpc) is 2.97. The summed E-state index contributed by atoms with van der Waals surface area (Å²) in [6.45, 7) is 2.18. The molecule has 2 heterocycles. The van der Waals surface area contributed by atoms with Crippen LogP contribution in [0.25, 0.3) is 11.3 Å². The van der Waals surface area contributed by atoms with Gasteiger partial charge < -0.3 is 10.1 Å². The second-order valence-electron chi connectivity index (χ2n) is 5.14. The summed E-state index contributed by atoms with van der Waals surface area (Å²) in [5, 5.41) is 6.20. The molecular weight excluding hydrogens is 284 g/mol. The summed E-state index contributed by atoms with van der Waals surface area (Å²) in [4.78, 5) is 16.7. The molecule has 0 aliphatic carbocycles. The Bertz CT molecular complexity index is 591. The Kier molecular flexibility index (Phi) is 4.75. The maximum absolute atomic E-state index is 12.1. The lowest BCUT2D eigenvalue weighted by atomic mass is 10.1. The van der Waals surface area contributed by atoms with Crippen molar-refractivity contribution in [2.45, 2.75) is 18.9 Å². The molecule has 0 saturated carbocycles. The first-order valence-corrected chi connectivity index (χ1v) is 8.02. The molecule has 1 aliphatic heterocycles. The highest BCUT2D eigenvalue weighted by molar-refractivity contribution is 7.10. The summed E-state index contributed by atoms with van der Waals surface area (Å²) in [6, 6.07) is 10.2. The monoisotopic (exact) mass is 302 g/mol. The van der Waals surface area contributed by atoms with E-state index in [-0.39, 0.29) is 11.8 Å². The van der Waals surface area contributed by atoms with Crippen LogP contribution >= 0.6 is 11.3 Å². The van der Waals surface area contributed by atoms with Crippen molar-refractivity contribution in [3.63, 3.8) is 0 Å². The third kappa shape index (κ3) is 3.97. The number of nitrogens with one attached hydrogen (secondary N) is 1. The van der Waals surface area contributed by atoms with Gasteiger partial charge >= 0.3 is 0 Å². The van der Waals surface area contributed by atoms with E-state index in [4.69, 9.17) is 4.74 Å². The molecule has 2 aromatic rings. The Morgan fingerprint density at radius 1 is 1.38 bits per heavy atom. The first-order chi connectivity index (χ1) is 10.3. The van der Waals surface area contributed by atoms with Crippen LogP contribution in [0.15, 0.2) is 35.7 Å². The number of hydrogen-bond acceptors (Lipinski definition) is 5. The molecule has 110 valence electrons.